The Bertz CT molecular complexity index is 380. The van der Waals surface area contributed by atoms with Gasteiger partial charge < -0.3 is 10.1 Å². The second-order valence-electron chi connectivity index (χ2n) is 4.55. The Morgan fingerprint density at radius 2 is 2.29 bits per heavy atom. The number of nitrogens with one attached hydrogen (secondary N) is 1. The molecule has 1 aliphatic heterocycles. The molecule has 1 heterocycles. The molecular formula is C14H21NOS. The molecule has 2 rings (SSSR count). The molecule has 94 valence electrons. The molecule has 0 bridgehead atoms. The van der Waals surface area contributed by atoms with Crippen molar-refractivity contribution in [3.05, 3.63) is 23.8 Å². The van der Waals surface area contributed by atoms with Crippen molar-refractivity contribution in [3.8, 4) is 5.75 Å². The maximum absolute atomic E-state index is 5.69. The van der Waals surface area contributed by atoms with E-state index in [1.807, 2.05) is 18.7 Å². The van der Waals surface area contributed by atoms with Crippen LogP contribution in [-0.2, 0) is 0 Å². The van der Waals surface area contributed by atoms with Crippen molar-refractivity contribution in [2.75, 3.05) is 17.7 Å². The third-order valence-electron chi connectivity index (χ3n) is 3.15. The number of hydrogen-bond donors (Lipinski definition) is 1. The molecule has 17 heavy (non-hydrogen) atoms. The molecule has 0 saturated carbocycles. The van der Waals surface area contributed by atoms with Crippen molar-refractivity contribution in [1.82, 2.24) is 0 Å². The monoisotopic (exact) mass is 251 g/mol. The van der Waals surface area contributed by atoms with E-state index in [1.165, 1.54) is 17.7 Å². The average molecular weight is 251 g/mol. The molecule has 0 amide bonds. The standard InChI is InChI=1S/C14H21NOS/c1-4-16-14-9-10(2)5-6-13(14)15-12-7-8-17-11(12)3/h5-6,9,11-12,15H,4,7-8H2,1-3H3. The summed E-state index contributed by atoms with van der Waals surface area (Å²) in [7, 11) is 0. The Morgan fingerprint density at radius 3 is 2.94 bits per heavy atom. The lowest BCUT2D eigenvalue weighted by Gasteiger charge is -2.20. The third-order valence-corrected chi connectivity index (χ3v) is 4.48. The van der Waals surface area contributed by atoms with Gasteiger partial charge in [0.25, 0.3) is 0 Å². The highest BCUT2D eigenvalue weighted by Crippen LogP contribution is 2.32. The fourth-order valence-corrected chi connectivity index (χ4v) is 3.34. The van der Waals surface area contributed by atoms with Gasteiger partial charge in [-0.2, -0.15) is 11.8 Å². The number of rotatable bonds is 4. The van der Waals surface area contributed by atoms with Gasteiger partial charge in [-0.05, 0) is 43.7 Å². The van der Waals surface area contributed by atoms with Gasteiger partial charge in [0.05, 0.1) is 12.3 Å². The second-order valence-corrected chi connectivity index (χ2v) is 6.03. The Kier molecular flexibility index (Phi) is 4.21. The summed E-state index contributed by atoms with van der Waals surface area (Å²) in [5.74, 6) is 2.24. The van der Waals surface area contributed by atoms with Gasteiger partial charge in [0.15, 0.2) is 0 Å². The van der Waals surface area contributed by atoms with Crippen molar-refractivity contribution in [1.29, 1.82) is 0 Å². The average Bonchev–Trinajstić information content (AvgIpc) is 2.69. The highest BCUT2D eigenvalue weighted by atomic mass is 32.2. The Balaban J connectivity index is 2.13. The zero-order chi connectivity index (χ0) is 12.3. The van der Waals surface area contributed by atoms with E-state index in [-0.39, 0.29) is 0 Å². The highest BCUT2D eigenvalue weighted by molar-refractivity contribution is 8.00. The van der Waals surface area contributed by atoms with Crippen LogP contribution in [0, 0.1) is 6.92 Å². The summed E-state index contributed by atoms with van der Waals surface area (Å²) in [5, 5.41) is 4.31. The molecule has 1 fully saturated rings. The van der Waals surface area contributed by atoms with E-state index in [0.717, 1.165) is 11.4 Å². The van der Waals surface area contributed by atoms with Gasteiger partial charge in [0.2, 0.25) is 0 Å². The SMILES string of the molecule is CCOc1cc(C)ccc1NC1CCSC1C. The van der Waals surface area contributed by atoms with Gasteiger partial charge >= 0.3 is 0 Å². The van der Waals surface area contributed by atoms with E-state index in [1.54, 1.807) is 0 Å². The van der Waals surface area contributed by atoms with Crippen LogP contribution in [0.2, 0.25) is 0 Å². The molecule has 0 spiro atoms. The molecule has 2 atom stereocenters. The van der Waals surface area contributed by atoms with E-state index in [9.17, 15) is 0 Å². The minimum absolute atomic E-state index is 0.571. The predicted octanol–water partition coefficient (Wildman–Crippen LogP) is 3.70. The summed E-state index contributed by atoms with van der Waals surface area (Å²) in [6, 6.07) is 6.95. The normalized spacial score (nSPS) is 23.7. The van der Waals surface area contributed by atoms with Crippen LogP contribution in [0.3, 0.4) is 0 Å². The van der Waals surface area contributed by atoms with Crippen molar-refractivity contribution in [3.63, 3.8) is 0 Å². The highest BCUT2D eigenvalue weighted by Gasteiger charge is 2.24. The summed E-state index contributed by atoms with van der Waals surface area (Å²) < 4.78 is 5.69. The molecule has 2 nitrogen and oxygen atoms in total. The number of thioether (sulfide) groups is 1. The van der Waals surface area contributed by atoms with E-state index in [0.29, 0.717) is 17.9 Å². The largest absolute Gasteiger partial charge is 0.492 e. The molecule has 1 aliphatic rings. The molecule has 2 unspecified atom stereocenters. The minimum atomic E-state index is 0.571. The topological polar surface area (TPSA) is 21.3 Å². The smallest absolute Gasteiger partial charge is 0.142 e. The number of hydrogen-bond acceptors (Lipinski definition) is 3. The van der Waals surface area contributed by atoms with E-state index < -0.39 is 0 Å². The lowest BCUT2D eigenvalue weighted by atomic mass is 10.1. The van der Waals surface area contributed by atoms with E-state index in [2.05, 4.69) is 37.4 Å². The van der Waals surface area contributed by atoms with Crippen molar-refractivity contribution in [2.45, 2.75) is 38.5 Å². The Hall–Kier alpha value is -0.830. The van der Waals surface area contributed by atoms with Crippen LogP contribution in [-0.4, -0.2) is 23.7 Å². The molecule has 0 radical (unpaired) electrons. The van der Waals surface area contributed by atoms with Crippen molar-refractivity contribution < 1.29 is 4.74 Å². The van der Waals surface area contributed by atoms with Crippen LogP contribution >= 0.6 is 11.8 Å². The second kappa shape index (κ2) is 5.67. The first kappa shape index (κ1) is 12.6. The first-order valence-corrected chi connectivity index (χ1v) is 7.37. The lowest BCUT2D eigenvalue weighted by molar-refractivity contribution is 0.341. The number of benzene rings is 1. The lowest BCUT2D eigenvalue weighted by Crippen LogP contribution is -2.25. The fraction of sp³-hybridized carbons (Fsp3) is 0.571. The van der Waals surface area contributed by atoms with Crippen LogP contribution in [0.5, 0.6) is 5.75 Å². The molecule has 0 aliphatic carbocycles. The molecule has 3 heteroatoms. The zero-order valence-corrected chi connectivity index (χ0v) is 11.6. The van der Waals surface area contributed by atoms with Gasteiger partial charge in [-0.1, -0.05) is 13.0 Å². The number of aryl methyl sites for hydroxylation is 1. The van der Waals surface area contributed by atoms with Crippen LogP contribution < -0.4 is 10.1 Å². The zero-order valence-electron chi connectivity index (χ0n) is 10.8. The van der Waals surface area contributed by atoms with Gasteiger partial charge in [0.1, 0.15) is 5.75 Å². The van der Waals surface area contributed by atoms with E-state index >= 15 is 0 Å². The number of ether oxygens (including phenoxy) is 1. The van der Waals surface area contributed by atoms with Crippen LogP contribution in [0.15, 0.2) is 18.2 Å². The van der Waals surface area contributed by atoms with Crippen LogP contribution in [0.1, 0.15) is 25.8 Å². The van der Waals surface area contributed by atoms with Crippen molar-refractivity contribution in [2.24, 2.45) is 0 Å². The Labute approximate surface area is 108 Å². The van der Waals surface area contributed by atoms with Gasteiger partial charge in [-0.25, -0.2) is 0 Å². The molecular weight excluding hydrogens is 230 g/mol. The summed E-state index contributed by atoms with van der Waals surface area (Å²) in [6.07, 6.45) is 1.24. The predicted molar refractivity (Wildman–Crippen MR) is 76.3 cm³/mol. The van der Waals surface area contributed by atoms with Crippen LogP contribution in [0.4, 0.5) is 5.69 Å². The summed E-state index contributed by atoms with van der Waals surface area (Å²) in [4.78, 5) is 0. The van der Waals surface area contributed by atoms with Gasteiger partial charge in [-0.15, -0.1) is 0 Å². The van der Waals surface area contributed by atoms with Crippen LogP contribution in [0.25, 0.3) is 0 Å². The molecule has 1 aromatic carbocycles. The van der Waals surface area contributed by atoms with E-state index in [4.69, 9.17) is 4.74 Å². The summed E-state index contributed by atoms with van der Waals surface area (Å²) in [6.45, 7) is 7.14. The molecule has 1 aromatic rings. The maximum Gasteiger partial charge on any atom is 0.142 e. The van der Waals surface area contributed by atoms with Crippen molar-refractivity contribution >= 4 is 17.4 Å². The maximum atomic E-state index is 5.69. The summed E-state index contributed by atoms with van der Waals surface area (Å²) >= 11 is 2.04. The molecule has 1 saturated heterocycles. The third kappa shape index (κ3) is 3.09. The fourth-order valence-electron chi connectivity index (χ4n) is 2.14. The molecule has 0 aromatic heterocycles. The first-order chi connectivity index (χ1) is 8.20. The minimum Gasteiger partial charge on any atom is -0.492 e. The van der Waals surface area contributed by atoms with Gasteiger partial charge in [0, 0.05) is 11.3 Å². The molecule has 1 N–H and O–H groups in total. The van der Waals surface area contributed by atoms with Gasteiger partial charge in [-0.3, -0.25) is 0 Å². The Morgan fingerprint density at radius 1 is 1.47 bits per heavy atom. The number of anilines is 1. The quantitative estimate of drug-likeness (QED) is 0.881. The summed E-state index contributed by atoms with van der Waals surface area (Å²) in [5.41, 5.74) is 2.38. The first-order valence-electron chi connectivity index (χ1n) is 6.32.